The Kier molecular flexibility index (Phi) is 7.66. The molecule has 0 bridgehead atoms. The van der Waals surface area contributed by atoms with Crippen molar-refractivity contribution >= 4 is 23.8 Å². The van der Waals surface area contributed by atoms with Gasteiger partial charge in [0.15, 0.2) is 5.16 Å². The lowest BCUT2D eigenvalue weighted by Crippen LogP contribution is -2.14. The molecule has 0 radical (unpaired) electrons. The average Bonchev–Trinajstić information content (AvgIpc) is 2.60. The Morgan fingerprint density at radius 3 is 2.56 bits per heavy atom. The van der Waals surface area contributed by atoms with Gasteiger partial charge in [0.25, 0.3) is 0 Å². The van der Waals surface area contributed by atoms with Gasteiger partial charge in [0.2, 0.25) is 5.88 Å². The Bertz CT molecular complexity index is 805. The van der Waals surface area contributed by atoms with Crippen LogP contribution in [0.2, 0.25) is 0 Å². The maximum absolute atomic E-state index is 6.09. The van der Waals surface area contributed by atoms with E-state index in [1.807, 2.05) is 57.3 Å². The van der Waals surface area contributed by atoms with E-state index >= 15 is 0 Å². The van der Waals surface area contributed by atoms with Crippen LogP contribution in [0.15, 0.2) is 28.3 Å². The zero-order valence-electron chi connectivity index (χ0n) is 17.4. The summed E-state index contributed by atoms with van der Waals surface area (Å²) in [5.41, 5.74) is 3.95. The molecule has 0 fully saturated rings. The lowest BCUT2D eigenvalue weighted by Gasteiger charge is -2.13. The summed E-state index contributed by atoms with van der Waals surface area (Å²) in [7, 11) is 2.01. The molecular formula is C21H30N4OS. The Morgan fingerprint density at radius 1 is 1.15 bits per heavy atom. The first-order chi connectivity index (χ1) is 12.8. The van der Waals surface area contributed by atoms with Crippen molar-refractivity contribution in [2.24, 2.45) is 10.9 Å². The Hall–Kier alpha value is -2.08. The van der Waals surface area contributed by atoms with Gasteiger partial charge in [-0.2, -0.15) is 4.98 Å². The normalized spacial score (nSPS) is 11.4. The number of ether oxygens (including phenoxy) is 1. The SMILES string of the molecule is CCN(C)/C=N/c1cc(C)c(Oc2cc(C)nc(SCC(C)C)n2)cc1C. The highest BCUT2D eigenvalue weighted by molar-refractivity contribution is 7.99. The number of aliphatic imine (C=N–C) groups is 1. The molecule has 0 aliphatic heterocycles. The molecule has 146 valence electrons. The predicted octanol–water partition coefficient (Wildman–Crippen LogP) is 5.55. The van der Waals surface area contributed by atoms with Crippen LogP contribution in [-0.4, -0.2) is 40.6 Å². The summed E-state index contributed by atoms with van der Waals surface area (Å²) in [5, 5.41) is 0.761. The highest BCUT2D eigenvalue weighted by Crippen LogP contribution is 2.31. The maximum Gasteiger partial charge on any atom is 0.223 e. The zero-order valence-corrected chi connectivity index (χ0v) is 18.2. The molecular weight excluding hydrogens is 356 g/mol. The third-order valence-corrected chi connectivity index (χ3v) is 5.23. The molecule has 27 heavy (non-hydrogen) atoms. The van der Waals surface area contributed by atoms with Gasteiger partial charge in [0.05, 0.1) is 12.0 Å². The maximum atomic E-state index is 6.09. The van der Waals surface area contributed by atoms with Gasteiger partial charge in [0, 0.05) is 31.1 Å². The number of rotatable bonds is 8. The van der Waals surface area contributed by atoms with Crippen LogP contribution in [0.5, 0.6) is 11.6 Å². The second kappa shape index (κ2) is 9.74. The number of thioether (sulfide) groups is 1. The van der Waals surface area contributed by atoms with Crippen molar-refractivity contribution < 1.29 is 4.74 Å². The first kappa shape index (κ1) is 21.2. The molecule has 1 aromatic heterocycles. The number of hydrogen-bond donors (Lipinski definition) is 0. The molecule has 0 atom stereocenters. The largest absolute Gasteiger partial charge is 0.439 e. The third kappa shape index (κ3) is 6.54. The van der Waals surface area contributed by atoms with Crippen molar-refractivity contribution in [3.05, 3.63) is 35.0 Å². The van der Waals surface area contributed by atoms with Gasteiger partial charge in [0.1, 0.15) is 5.75 Å². The van der Waals surface area contributed by atoms with E-state index in [1.165, 1.54) is 0 Å². The van der Waals surface area contributed by atoms with Gasteiger partial charge in [-0.05, 0) is 56.9 Å². The van der Waals surface area contributed by atoms with Crippen LogP contribution in [0.1, 0.15) is 37.6 Å². The fourth-order valence-corrected chi connectivity index (χ4v) is 3.10. The fraction of sp³-hybridized carbons (Fsp3) is 0.476. The molecule has 0 aliphatic rings. The number of hydrogen-bond acceptors (Lipinski definition) is 5. The van der Waals surface area contributed by atoms with Gasteiger partial charge in [-0.1, -0.05) is 25.6 Å². The van der Waals surface area contributed by atoms with Crippen LogP contribution in [0.4, 0.5) is 5.69 Å². The van der Waals surface area contributed by atoms with Crippen molar-refractivity contribution in [1.29, 1.82) is 0 Å². The topological polar surface area (TPSA) is 50.6 Å². The summed E-state index contributed by atoms with van der Waals surface area (Å²) in [6.07, 6.45) is 1.86. The molecule has 0 saturated carbocycles. The van der Waals surface area contributed by atoms with E-state index in [0.717, 1.165) is 45.7 Å². The molecule has 0 saturated heterocycles. The van der Waals surface area contributed by atoms with E-state index in [2.05, 4.69) is 35.7 Å². The van der Waals surface area contributed by atoms with Crippen LogP contribution in [0.25, 0.3) is 0 Å². The minimum atomic E-state index is 0.582. The summed E-state index contributed by atoms with van der Waals surface area (Å²) in [6.45, 7) is 13.4. The van der Waals surface area contributed by atoms with Crippen molar-refractivity contribution in [1.82, 2.24) is 14.9 Å². The minimum absolute atomic E-state index is 0.582. The van der Waals surface area contributed by atoms with Crippen molar-refractivity contribution in [3.8, 4) is 11.6 Å². The zero-order chi connectivity index (χ0) is 20.0. The van der Waals surface area contributed by atoms with Gasteiger partial charge in [-0.25, -0.2) is 9.98 Å². The van der Waals surface area contributed by atoms with Crippen molar-refractivity contribution in [2.75, 3.05) is 19.3 Å². The Balaban J connectivity index is 2.22. The predicted molar refractivity (Wildman–Crippen MR) is 115 cm³/mol. The number of aromatic nitrogens is 2. The number of aryl methyl sites for hydroxylation is 3. The molecule has 0 N–H and O–H groups in total. The molecule has 0 spiro atoms. The van der Waals surface area contributed by atoms with Crippen LogP contribution >= 0.6 is 11.8 Å². The molecule has 0 aliphatic carbocycles. The van der Waals surface area contributed by atoms with E-state index in [9.17, 15) is 0 Å². The second-order valence-corrected chi connectivity index (χ2v) is 8.15. The molecule has 0 unspecified atom stereocenters. The summed E-state index contributed by atoms with van der Waals surface area (Å²) >= 11 is 1.66. The van der Waals surface area contributed by atoms with Crippen LogP contribution in [-0.2, 0) is 0 Å². The first-order valence-electron chi connectivity index (χ1n) is 9.30. The van der Waals surface area contributed by atoms with E-state index in [4.69, 9.17) is 4.74 Å². The lowest BCUT2D eigenvalue weighted by atomic mass is 10.1. The lowest BCUT2D eigenvalue weighted by molar-refractivity contribution is 0.451. The van der Waals surface area contributed by atoms with Crippen LogP contribution in [0, 0.1) is 26.7 Å². The molecule has 0 amide bonds. The molecule has 1 heterocycles. The average molecular weight is 387 g/mol. The van der Waals surface area contributed by atoms with Gasteiger partial charge >= 0.3 is 0 Å². The van der Waals surface area contributed by atoms with Crippen molar-refractivity contribution in [3.63, 3.8) is 0 Å². The highest BCUT2D eigenvalue weighted by atomic mass is 32.2. The van der Waals surface area contributed by atoms with Crippen molar-refractivity contribution in [2.45, 2.75) is 46.7 Å². The Morgan fingerprint density at radius 2 is 1.89 bits per heavy atom. The molecule has 2 aromatic rings. The highest BCUT2D eigenvalue weighted by Gasteiger charge is 2.10. The van der Waals surface area contributed by atoms with Gasteiger partial charge < -0.3 is 9.64 Å². The monoisotopic (exact) mass is 386 g/mol. The standard InChI is InChI=1S/C21H30N4OS/c1-8-25(7)13-22-18-9-16(5)19(10-15(18)4)26-20-11-17(6)23-21(24-20)27-12-14(2)3/h9-11,13-14H,8,12H2,1-7H3/b22-13+. The summed E-state index contributed by atoms with van der Waals surface area (Å²) in [5.74, 6) is 2.96. The van der Waals surface area contributed by atoms with Crippen LogP contribution in [0.3, 0.4) is 0 Å². The molecule has 6 heteroatoms. The summed E-state index contributed by atoms with van der Waals surface area (Å²) in [4.78, 5) is 15.7. The summed E-state index contributed by atoms with van der Waals surface area (Å²) in [6, 6.07) is 5.94. The molecule has 2 rings (SSSR count). The number of nitrogens with zero attached hydrogens (tertiary/aromatic N) is 4. The van der Waals surface area contributed by atoms with E-state index in [1.54, 1.807) is 11.8 Å². The number of benzene rings is 1. The molecule has 5 nitrogen and oxygen atoms in total. The third-order valence-electron chi connectivity index (χ3n) is 3.96. The quantitative estimate of drug-likeness (QED) is 0.257. The minimum Gasteiger partial charge on any atom is -0.439 e. The van der Waals surface area contributed by atoms with E-state index in [0.29, 0.717) is 11.8 Å². The van der Waals surface area contributed by atoms with E-state index in [-0.39, 0.29) is 0 Å². The van der Waals surface area contributed by atoms with E-state index < -0.39 is 0 Å². The smallest absolute Gasteiger partial charge is 0.223 e. The Labute approximate surface area is 167 Å². The molecule has 1 aromatic carbocycles. The van der Waals surface area contributed by atoms with Crippen LogP contribution < -0.4 is 4.74 Å². The summed E-state index contributed by atoms with van der Waals surface area (Å²) < 4.78 is 6.09. The van der Waals surface area contributed by atoms with Gasteiger partial charge in [-0.15, -0.1) is 0 Å². The second-order valence-electron chi connectivity index (χ2n) is 7.16. The van der Waals surface area contributed by atoms with Gasteiger partial charge in [-0.3, -0.25) is 0 Å². The first-order valence-corrected chi connectivity index (χ1v) is 10.3. The fourth-order valence-electron chi connectivity index (χ4n) is 2.25.